The lowest BCUT2D eigenvalue weighted by atomic mass is 9.89. The summed E-state index contributed by atoms with van der Waals surface area (Å²) in [5, 5.41) is 22.7. The molecule has 41 heavy (non-hydrogen) atoms. The molecule has 3 heterocycles. The fourth-order valence-electron chi connectivity index (χ4n) is 5.47. The molecule has 0 aliphatic carbocycles. The lowest BCUT2D eigenvalue weighted by Gasteiger charge is -2.40. The molecule has 3 aliphatic rings. The van der Waals surface area contributed by atoms with E-state index in [1.807, 2.05) is 6.07 Å². The maximum atomic E-state index is 13.2. The minimum atomic E-state index is -1.59. The van der Waals surface area contributed by atoms with Crippen LogP contribution in [0.5, 0.6) is 28.7 Å². The highest BCUT2D eigenvalue weighted by Gasteiger charge is 2.46. The Kier molecular flexibility index (Phi) is 6.76. The van der Waals surface area contributed by atoms with Crippen LogP contribution in [-0.4, -0.2) is 73.9 Å². The lowest BCUT2D eigenvalue weighted by molar-refractivity contribution is -0.272. The third kappa shape index (κ3) is 4.44. The zero-order valence-corrected chi connectivity index (χ0v) is 22.7. The van der Waals surface area contributed by atoms with Gasteiger partial charge in [0.05, 0.1) is 25.9 Å². The van der Waals surface area contributed by atoms with Crippen molar-refractivity contribution in [3.05, 3.63) is 41.5 Å². The van der Waals surface area contributed by atoms with Crippen LogP contribution in [0.3, 0.4) is 0 Å². The Morgan fingerprint density at radius 3 is 2.34 bits per heavy atom. The molecule has 3 aromatic rings. The Hall–Kier alpha value is -4.26. The van der Waals surface area contributed by atoms with Crippen LogP contribution in [0, 0.1) is 0 Å². The van der Waals surface area contributed by atoms with Crippen molar-refractivity contribution in [3.63, 3.8) is 0 Å². The highest BCUT2D eigenvalue weighted by atomic mass is 16.7. The number of cyclic esters (lactones) is 1. The number of benzene rings is 3. The summed E-state index contributed by atoms with van der Waals surface area (Å²) in [6.45, 7) is 2.77. The predicted octanol–water partition coefficient (Wildman–Crippen LogP) is 2.70. The van der Waals surface area contributed by atoms with Crippen molar-refractivity contribution in [2.75, 3.05) is 21.0 Å². The van der Waals surface area contributed by atoms with Crippen LogP contribution in [0.1, 0.15) is 29.8 Å². The van der Waals surface area contributed by atoms with Gasteiger partial charge in [-0.2, -0.15) is 0 Å². The molecule has 5 unspecified atom stereocenters. The molecule has 3 aromatic carbocycles. The lowest BCUT2D eigenvalue weighted by Crippen LogP contribution is -2.59. The minimum Gasteiger partial charge on any atom is -0.493 e. The summed E-state index contributed by atoms with van der Waals surface area (Å²) < 4.78 is 44.9. The van der Waals surface area contributed by atoms with Gasteiger partial charge in [0.2, 0.25) is 13.1 Å². The van der Waals surface area contributed by atoms with Gasteiger partial charge in [-0.3, -0.25) is 4.79 Å². The first-order valence-electron chi connectivity index (χ1n) is 12.9. The number of methoxy groups -OCH3 is 2. The molecular weight excluding hydrogens is 540 g/mol. The first-order chi connectivity index (χ1) is 19.7. The zero-order chi connectivity index (χ0) is 29.0. The van der Waals surface area contributed by atoms with Crippen LogP contribution in [0.25, 0.3) is 21.9 Å². The Balaban J connectivity index is 1.54. The third-order valence-electron chi connectivity index (χ3n) is 7.39. The van der Waals surface area contributed by atoms with Crippen molar-refractivity contribution in [3.8, 4) is 39.9 Å². The predicted molar refractivity (Wildman–Crippen MR) is 140 cm³/mol. The van der Waals surface area contributed by atoms with Gasteiger partial charge in [-0.25, -0.2) is 4.79 Å². The normalized spacial score (nSPS) is 24.5. The van der Waals surface area contributed by atoms with Gasteiger partial charge in [-0.1, -0.05) is 6.07 Å². The van der Waals surface area contributed by atoms with E-state index in [0.717, 1.165) is 0 Å². The number of hydrogen-bond donors (Lipinski definition) is 2. The summed E-state index contributed by atoms with van der Waals surface area (Å²) in [5.41, 5.74) is 1.89. The fourth-order valence-corrected chi connectivity index (χ4v) is 5.47. The van der Waals surface area contributed by atoms with Gasteiger partial charge in [0.25, 0.3) is 0 Å². The average molecular weight is 569 g/mol. The standard InChI is InChI=1S/C29H28O12/c1-12-26(40-13(2)30)24(31)25(32)29(39-12)41-27-16-9-20(35-4)19(34-3)8-15(16)22(23-17(27)10-36-28(23)33)14-5-6-18-21(7-14)38-11-37-18/h5-9,12,24-26,29,31-32H,10-11H2,1-4H3. The van der Waals surface area contributed by atoms with Gasteiger partial charge in [0, 0.05) is 23.4 Å². The summed E-state index contributed by atoms with van der Waals surface area (Å²) in [5.74, 6) is 0.904. The van der Waals surface area contributed by atoms with Crippen LogP contribution in [-0.2, 0) is 25.6 Å². The number of hydrogen-bond acceptors (Lipinski definition) is 12. The van der Waals surface area contributed by atoms with Crippen LogP contribution in [0.15, 0.2) is 30.3 Å². The quantitative estimate of drug-likeness (QED) is 0.421. The molecule has 12 heteroatoms. The smallest absolute Gasteiger partial charge is 0.339 e. The summed E-state index contributed by atoms with van der Waals surface area (Å²) in [7, 11) is 2.99. The van der Waals surface area contributed by atoms with E-state index in [1.54, 1.807) is 31.2 Å². The molecule has 0 radical (unpaired) electrons. The number of rotatable bonds is 6. The Morgan fingerprint density at radius 1 is 0.927 bits per heavy atom. The number of aliphatic hydroxyl groups is 2. The van der Waals surface area contributed by atoms with E-state index in [0.29, 0.717) is 50.5 Å². The van der Waals surface area contributed by atoms with Gasteiger partial charge in [-0.05, 0) is 42.1 Å². The Morgan fingerprint density at radius 2 is 1.63 bits per heavy atom. The second-order valence-electron chi connectivity index (χ2n) is 9.84. The van der Waals surface area contributed by atoms with Gasteiger partial charge < -0.3 is 48.1 Å². The van der Waals surface area contributed by atoms with Crippen LogP contribution in [0.2, 0.25) is 0 Å². The number of aliphatic hydroxyl groups excluding tert-OH is 2. The summed E-state index contributed by atoms with van der Waals surface area (Å²) in [4.78, 5) is 24.7. The van der Waals surface area contributed by atoms with Gasteiger partial charge >= 0.3 is 11.9 Å². The van der Waals surface area contributed by atoms with E-state index in [-0.39, 0.29) is 24.7 Å². The molecule has 1 saturated heterocycles. The second-order valence-corrected chi connectivity index (χ2v) is 9.84. The average Bonchev–Trinajstić information content (AvgIpc) is 3.59. The van der Waals surface area contributed by atoms with Crippen LogP contribution in [0.4, 0.5) is 0 Å². The van der Waals surface area contributed by atoms with Crippen LogP contribution >= 0.6 is 0 Å². The minimum absolute atomic E-state index is 0.0871. The molecule has 0 saturated carbocycles. The van der Waals surface area contributed by atoms with E-state index in [1.165, 1.54) is 21.1 Å². The molecule has 0 amide bonds. The summed E-state index contributed by atoms with van der Waals surface area (Å²) in [6, 6.07) is 8.77. The van der Waals surface area contributed by atoms with Crippen molar-refractivity contribution < 1.29 is 57.7 Å². The number of esters is 2. The summed E-state index contributed by atoms with van der Waals surface area (Å²) in [6.07, 6.45) is -6.38. The van der Waals surface area contributed by atoms with Crippen molar-refractivity contribution in [2.24, 2.45) is 0 Å². The van der Waals surface area contributed by atoms with E-state index in [9.17, 15) is 19.8 Å². The maximum absolute atomic E-state index is 13.2. The largest absolute Gasteiger partial charge is 0.493 e. The highest BCUT2D eigenvalue weighted by Crippen LogP contribution is 2.49. The van der Waals surface area contributed by atoms with E-state index in [4.69, 9.17) is 37.9 Å². The van der Waals surface area contributed by atoms with Gasteiger partial charge in [-0.15, -0.1) is 0 Å². The summed E-state index contributed by atoms with van der Waals surface area (Å²) >= 11 is 0. The van der Waals surface area contributed by atoms with Gasteiger partial charge in [0.15, 0.2) is 29.1 Å². The number of carbonyl (C=O) groups is 2. The van der Waals surface area contributed by atoms with E-state index in [2.05, 4.69) is 0 Å². The van der Waals surface area contributed by atoms with E-state index < -0.39 is 42.6 Å². The second kappa shape index (κ2) is 10.3. The third-order valence-corrected chi connectivity index (χ3v) is 7.39. The highest BCUT2D eigenvalue weighted by molar-refractivity contribution is 6.14. The molecule has 0 spiro atoms. The van der Waals surface area contributed by atoms with E-state index >= 15 is 0 Å². The Bertz CT molecular complexity index is 1550. The van der Waals surface area contributed by atoms with Crippen molar-refractivity contribution in [1.82, 2.24) is 0 Å². The van der Waals surface area contributed by atoms with Crippen molar-refractivity contribution >= 4 is 22.7 Å². The molecule has 216 valence electrons. The molecule has 2 N–H and O–H groups in total. The fraction of sp³-hybridized carbons (Fsp3) is 0.379. The first-order valence-corrected chi connectivity index (χ1v) is 12.9. The number of carbonyl (C=O) groups excluding carboxylic acids is 2. The van der Waals surface area contributed by atoms with Crippen molar-refractivity contribution in [2.45, 2.75) is 51.2 Å². The maximum Gasteiger partial charge on any atom is 0.339 e. The molecule has 6 rings (SSSR count). The zero-order valence-electron chi connectivity index (χ0n) is 22.7. The molecule has 0 aromatic heterocycles. The molecule has 12 nitrogen and oxygen atoms in total. The number of fused-ring (bicyclic) bond motifs is 3. The molecule has 3 aliphatic heterocycles. The molecular formula is C29H28O12. The molecule has 5 atom stereocenters. The molecule has 0 bridgehead atoms. The van der Waals surface area contributed by atoms with Gasteiger partial charge in [0.1, 0.15) is 24.6 Å². The SMILES string of the molecule is COc1cc2c(OC3OC(C)C(OC(C)=O)C(O)C3O)c3c(c(-c4ccc5c(c4)OCO5)c2cc1OC)C(=O)OC3. The first kappa shape index (κ1) is 26.9. The Labute approximate surface area is 234 Å². The van der Waals surface area contributed by atoms with Crippen LogP contribution < -0.4 is 23.7 Å². The monoisotopic (exact) mass is 568 g/mol. The van der Waals surface area contributed by atoms with Crippen molar-refractivity contribution in [1.29, 1.82) is 0 Å². The number of ether oxygens (including phenoxy) is 8. The topological polar surface area (TPSA) is 148 Å². The molecule has 1 fully saturated rings.